The van der Waals surface area contributed by atoms with Crippen LogP contribution in [-0.4, -0.2) is 6.54 Å². The van der Waals surface area contributed by atoms with Crippen molar-refractivity contribution in [1.82, 2.24) is 0 Å². The van der Waals surface area contributed by atoms with Gasteiger partial charge in [0.25, 0.3) is 0 Å². The molecule has 0 saturated heterocycles. The minimum absolute atomic E-state index is 0.438. The van der Waals surface area contributed by atoms with Gasteiger partial charge < -0.3 is 5.73 Å². The lowest BCUT2D eigenvalue weighted by Gasteiger charge is -2.42. The third-order valence-corrected chi connectivity index (χ3v) is 6.32. The van der Waals surface area contributed by atoms with Gasteiger partial charge in [-0.3, -0.25) is 0 Å². The van der Waals surface area contributed by atoms with Crippen LogP contribution < -0.4 is 5.73 Å². The lowest BCUT2D eigenvalue weighted by molar-refractivity contribution is 0.0781. The third-order valence-electron chi connectivity index (χ3n) is 6.32. The van der Waals surface area contributed by atoms with Gasteiger partial charge in [0.1, 0.15) is 0 Å². The van der Waals surface area contributed by atoms with E-state index in [1.54, 1.807) is 0 Å². The standard InChI is InChI=1S/C22H47N/c1-9-12-19(6)21(14-17(4)10-2)22(7,8)15-20(11-3)13-18(5)16-23/h17-21H,9-16,23H2,1-8H3. The maximum Gasteiger partial charge on any atom is -0.00514 e. The summed E-state index contributed by atoms with van der Waals surface area (Å²) in [4.78, 5) is 0. The van der Waals surface area contributed by atoms with Crippen molar-refractivity contribution < 1.29 is 0 Å². The van der Waals surface area contributed by atoms with E-state index in [1.807, 2.05) is 0 Å². The van der Waals surface area contributed by atoms with Crippen molar-refractivity contribution >= 4 is 0 Å². The third kappa shape index (κ3) is 8.57. The Labute approximate surface area is 148 Å². The van der Waals surface area contributed by atoms with E-state index in [9.17, 15) is 0 Å². The lowest BCUT2D eigenvalue weighted by atomic mass is 9.63. The molecule has 0 amide bonds. The van der Waals surface area contributed by atoms with Crippen LogP contribution in [0.15, 0.2) is 0 Å². The first-order valence-corrected chi connectivity index (χ1v) is 10.4. The normalized spacial score (nSPS) is 19.2. The molecule has 0 bridgehead atoms. The maximum atomic E-state index is 5.87. The van der Waals surface area contributed by atoms with Crippen molar-refractivity contribution in [1.29, 1.82) is 0 Å². The molecule has 0 rings (SSSR count). The molecule has 0 aliphatic carbocycles. The highest BCUT2D eigenvalue weighted by molar-refractivity contribution is 4.85. The van der Waals surface area contributed by atoms with Crippen LogP contribution in [0, 0.1) is 35.0 Å². The minimum Gasteiger partial charge on any atom is -0.330 e. The van der Waals surface area contributed by atoms with Crippen LogP contribution in [0.1, 0.15) is 100 Å². The van der Waals surface area contributed by atoms with Crippen molar-refractivity contribution in [2.75, 3.05) is 6.54 Å². The largest absolute Gasteiger partial charge is 0.330 e. The van der Waals surface area contributed by atoms with Gasteiger partial charge in [-0.15, -0.1) is 0 Å². The summed E-state index contributed by atoms with van der Waals surface area (Å²) in [5.41, 5.74) is 6.31. The first-order chi connectivity index (χ1) is 10.7. The molecule has 140 valence electrons. The first kappa shape index (κ1) is 23.0. The van der Waals surface area contributed by atoms with Crippen molar-refractivity contribution in [2.45, 2.75) is 100 Å². The molecule has 0 spiro atoms. The second kappa shape index (κ2) is 11.5. The van der Waals surface area contributed by atoms with Crippen LogP contribution in [-0.2, 0) is 0 Å². The Balaban J connectivity index is 5.05. The van der Waals surface area contributed by atoms with Gasteiger partial charge in [0.2, 0.25) is 0 Å². The van der Waals surface area contributed by atoms with Crippen molar-refractivity contribution in [3.05, 3.63) is 0 Å². The highest BCUT2D eigenvalue weighted by Crippen LogP contribution is 2.45. The fourth-order valence-electron chi connectivity index (χ4n) is 4.53. The quantitative estimate of drug-likeness (QED) is 0.391. The molecule has 0 saturated carbocycles. The predicted molar refractivity (Wildman–Crippen MR) is 107 cm³/mol. The minimum atomic E-state index is 0.438. The molecular formula is C22H47N. The van der Waals surface area contributed by atoms with Gasteiger partial charge in [0, 0.05) is 0 Å². The lowest BCUT2D eigenvalue weighted by Crippen LogP contribution is -2.33. The smallest absolute Gasteiger partial charge is 0.00514 e. The highest BCUT2D eigenvalue weighted by atomic mass is 14.5. The molecule has 23 heavy (non-hydrogen) atoms. The maximum absolute atomic E-state index is 5.87. The van der Waals surface area contributed by atoms with Gasteiger partial charge in [-0.2, -0.15) is 0 Å². The molecular weight excluding hydrogens is 278 g/mol. The Morgan fingerprint density at radius 2 is 1.48 bits per heavy atom. The molecule has 0 aromatic heterocycles. The summed E-state index contributed by atoms with van der Waals surface area (Å²) in [5, 5.41) is 0. The Hall–Kier alpha value is -0.0400. The van der Waals surface area contributed by atoms with Gasteiger partial charge in [-0.25, -0.2) is 0 Å². The zero-order valence-electron chi connectivity index (χ0n) is 17.6. The molecule has 0 aromatic rings. The van der Waals surface area contributed by atoms with Gasteiger partial charge in [0.15, 0.2) is 0 Å². The predicted octanol–water partition coefficient (Wildman–Crippen LogP) is 6.90. The molecule has 0 radical (unpaired) electrons. The van der Waals surface area contributed by atoms with E-state index in [0.717, 1.165) is 30.2 Å². The van der Waals surface area contributed by atoms with Crippen LogP contribution in [0.2, 0.25) is 0 Å². The zero-order valence-corrected chi connectivity index (χ0v) is 17.6. The average molecular weight is 326 g/mol. The molecule has 0 aromatic carbocycles. The van der Waals surface area contributed by atoms with Crippen molar-refractivity contribution in [2.24, 2.45) is 40.7 Å². The van der Waals surface area contributed by atoms with Crippen molar-refractivity contribution in [3.8, 4) is 0 Å². The second-order valence-corrected chi connectivity index (χ2v) is 9.17. The fraction of sp³-hybridized carbons (Fsp3) is 1.00. The molecule has 1 heteroatoms. The van der Waals surface area contributed by atoms with Gasteiger partial charge in [-0.05, 0) is 60.8 Å². The van der Waals surface area contributed by atoms with E-state index >= 15 is 0 Å². The monoisotopic (exact) mass is 325 g/mol. The Bertz CT molecular complexity index is 284. The summed E-state index contributed by atoms with van der Waals surface area (Å²) in [6, 6.07) is 0. The van der Waals surface area contributed by atoms with Crippen LogP contribution in [0.25, 0.3) is 0 Å². The molecule has 1 nitrogen and oxygen atoms in total. The van der Waals surface area contributed by atoms with E-state index in [4.69, 9.17) is 5.73 Å². The Kier molecular flexibility index (Phi) is 11.5. The van der Waals surface area contributed by atoms with E-state index in [1.165, 1.54) is 44.9 Å². The molecule has 5 unspecified atom stereocenters. The fourth-order valence-corrected chi connectivity index (χ4v) is 4.53. The SMILES string of the molecule is CCCC(C)C(CC(C)CC)C(C)(C)CC(CC)CC(C)CN. The first-order valence-electron chi connectivity index (χ1n) is 10.4. The van der Waals surface area contributed by atoms with Crippen LogP contribution >= 0.6 is 0 Å². The Morgan fingerprint density at radius 3 is 1.91 bits per heavy atom. The second-order valence-electron chi connectivity index (χ2n) is 9.17. The van der Waals surface area contributed by atoms with Crippen molar-refractivity contribution in [3.63, 3.8) is 0 Å². The number of hydrogen-bond acceptors (Lipinski definition) is 1. The highest BCUT2D eigenvalue weighted by Gasteiger charge is 2.35. The van der Waals surface area contributed by atoms with Gasteiger partial charge in [-0.1, -0.05) is 81.1 Å². The van der Waals surface area contributed by atoms with E-state index in [-0.39, 0.29) is 0 Å². The van der Waals surface area contributed by atoms with E-state index < -0.39 is 0 Å². The Morgan fingerprint density at radius 1 is 0.870 bits per heavy atom. The summed E-state index contributed by atoms with van der Waals surface area (Å²) in [7, 11) is 0. The number of nitrogens with two attached hydrogens (primary N) is 1. The van der Waals surface area contributed by atoms with Gasteiger partial charge in [0.05, 0.1) is 0 Å². The average Bonchev–Trinajstić information content (AvgIpc) is 2.50. The number of rotatable bonds is 13. The molecule has 2 N–H and O–H groups in total. The molecule has 0 aliphatic heterocycles. The zero-order chi connectivity index (χ0) is 18.0. The van der Waals surface area contributed by atoms with Crippen LogP contribution in [0.4, 0.5) is 0 Å². The summed E-state index contributed by atoms with van der Waals surface area (Å²) in [5.74, 6) is 4.03. The summed E-state index contributed by atoms with van der Waals surface area (Å²) in [6.07, 6.45) is 9.36. The molecule has 0 aliphatic rings. The molecule has 0 fully saturated rings. The van der Waals surface area contributed by atoms with Crippen LogP contribution in [0.5, 0.6) is 0 Å². The van der Waals surface area contributed by atoms with Gasteiger partial charge >= 0.3 is 0 Å². The molecule has 5 atom stereocenters. The van der Waals surface area contributed by atoms with Crippen LogP contribution in [0.3, 0.4) is 0 Å². The summed E-state index contributed by atoms with van der Waals surface area (Å²) >= 11 is 0. The number of hydrogen-bond donors (Lipinski definition) is 1. The molecule has 0 heterocycles. The van der Waals surface area contributed by atoms with E-state index in [2.05, 4.69) is 55.4 Å². The summed E-state index contributed by atoms with van der Waals surface area (Å²) < 4.78 is 0. The van der Waals surface area contributed by atoms with E-state index in [0.29, 0.717) is 11.3 Å². The summed E-state index contributed by atoms with van der Waals surface area (Å²) in [6.45, 7) is 20.2. The topological polar surface area (TPSA) is 26.0 Å².